The Hall–Kier alpha value is -2.40. The Bertz CT molecular complexity index is 573. The van der Waals surface area contributed by atoms with Gasteiger partial charge in [-0.15, -0.1) is 0 Å². The van der Waals surface area contributed by atoms with E-state index in [-0.39, 0.29) is 0 Å². The predicted molar refractivity (Wildman–Crippen MR) is 81.9 cm³/mol. The molecule has 0 radical (unpaired) electrons. The van der Waals surface area contributed by atoms with Crippen molar-refractivity contribution in [2.45, 2.75) is 19.4 Å². The molecule has 0 unspecified atom stereocenters. The van der Waals surface area contributed by atoms with Crippen LogP contribution in [0, 0.1) is 0 Å². The molecule has 1 aromatic carbocycles. The molecule has 0 bridgehead atoms. The molecular weight excluding hydrogens is 266 g/mol. The van der Waals surface area contributed by atoms with Crippen LogP contribution in [-0.2, 0) is 17.7 Å². The van der Waals surface area contributed by atoms with E-state index < -0.39 is 6.09 Å². The second kappa shape index (κ2) is 8.01. The molecule has 5 heteroatoms. The van der Waals surface area contributed by atoms with Crippen LogP contribution in [0.15, 0.2) is 48.8 Å². The minimum atomic E-state index is -0.445. The lowest BCUT2D eigenvalue weighted by atomic mass is 10.1. The highest BCUT2D eigenvalue weighted by Gasteiger charge is 2.03. The molecule has 21 heavy (non-hydrogen) atoms. The van der Waals surface area contributed by atoms with Gasteiger partial charge in [0.25, 0.3) is 0 Å². The van der Waals surface area contributed by atoms with Crippen LogP contribution >= 0.6 is 0 Å². The fourth-order valence-corrected chi connectivity index (χ4v) is 1.92. The second-order valence-electron chi connectivity index (χ2n) is 4.62. The number of rotatable bonds is 6. The molecule has 0 fully saturated rings. The molecule has 0 atom stereocenters. The highest BCUT2D eigenvalue weighted by atomic mass is 16.5. The number of anilines is 1. The first kappa shape index (κ1) is 15.0. The topological polar surface area (TPSA) is 77.2 Å². The van der Waals surface area contributed by atoms with E-state index in [9.17, 15) is 4.79 Å². The summed E-state index contributed by atoms with van der Waals surface area (Å²) in [6, 6.07) is 11.3. The fourth-order valence-electron chi connectivity index (χ4n) is 1.92. The molecule has 3 N–H and O–H groups in total. The summed E-state index contributed by atoms with van der Waals surface area (Å²) in [5.41, 5.74) is 8.39. The van der Waals surface area contributed by atoms with Crippen molar-refractivity contribution in [3.8, 4) is 0 Å². The first-order valence-corrected chi connectivity index (χ1v) is 6.89. The monoisotopic (exact) mass is 285 g/mol. The number of pyridine rings is 1. The Morgan fingerprint density at radius 3 is 2.76 bits per heavy atom. The fraction of sp³-hybridized carbons (Fsp3) is 0.250. The normalized spacial score (nSPS) is 10.1. The molecule has 0 aliphatic rings. The highest BCUT2D eigenvalue weighted by Crippen LogP contribution is 2.10. The number of hydrogen-bond acceptors (Lipinski definition) is 4. The van der Waals surface area contributed by atoms with Crippen LogP contribution in [0.5, 0.6) is 0 Å². The van der Waals surface area contributed by atoms with Gasteiger partial charge in [-0.3, -0.25) is 10.3 Å². The molecule has 2 rings (SSSR count). The number of amides is 1. The first-order chi connectivity index (χ1) is 10.3. The average Bonchev–Trinajstić information content (AvgIpc) is 2.53. The molecule has 1 amide bonds. The van der Waals surface area contributed by atoms with Crippen LogP contribution in [0.4, 0.5) is 10.5 Å². The number of carbonyl (C=O) groups is 1. The number of ether oxygens (including phenoxy) is 1. The van der Waals surface area contributed by atoms with Gasteiger partial charge in [0, 0.05) is 24.6 Å². The van der Waals surface area contributed by atoms with Crippen LogP contribution in [0.1, 0.15) is 17.5 Å². The third-order valence-corrected chi connectivity index (χ3v) is 3.00. The van der Waals surface area contributed by atoms with Crippen LogP contribution in [-0.4, -0.2) is 17.7 Å². The van der Waals surface area contributed by atoms with E-state index in [1.54, 1.807) is 18.5 Å². The van der Waals surface area contributed by atoms with Crippen molar-refractivity contribution in [1.29, 1.82) is 0 Å². The quantitative estimate of drug-likeness (QED) is 0.800. The molecule has 2 aromatic rings. The van der Waals surface area contributed by atoms with Crippen molar-refractivity contribution in [2.75, 3.05) is 11.9 Å². The zero-order valence-electron chi connectivity index (χ0n) is 11.8. The Labute approximate surface area is 124 Å². The lowest BCUT2D eigenvalue weighted by Crippen LogP contribution is -2.15. The van der Waals surface area contributed by atoms with Crippen molar-refractivity contribution >= 4 is 11.8 Å². The summed E-state index contributed by atoms with van der Waals surface area (Å²) in [6.45, 7) is 0.821. The van der Waals surface area contributed by atoms with E-state index in [2.05, 4.69) is 10.3 Å². The first-order valence-electron chi connectivity index (χ1n) is 6.89. The summed E-state index contributed by atoms with van der Waals surface area (Å²) < 4.78 is 5.14. The molecule has 0 aliphatic carbocycles. The maximum Gasteiger partial charge on any atom is 0.411 e. The van der Waals surface area contributed by atoms with E-state index in [1.165, 1.54) is 5.56 Å². The summed E-state index contributed by atoms with van der Waals surface area (Å²) in [6.07, 6.45) is 4.71. The van der Waals surface area contributed by atoms with Crippen LogP contribution in [0.2, 0.25) is 0 Å². The zero-order chi connectivity index (χ0) is 14.9. The second-order valence-corrected chi connectivity index (χ2v) is 4.62. The van der Waals surface area contributed by atoms with Gasteiger partial charge in [-0.25, -0.2) is 4.79 Å². The van der Waals surface area contributed by atoms with Gasteiger partial charge in [-0.05, 0) is 48.2 Å². The summed E-state index contributed by atoms with van der Waals surface area (Å²) in [4.78, 5) is 15.6. The van der Waals surface area contributed by atoms with Crippen molar-refractivity contribution in [3.05, 3.63) is 59.9 Å². The average molecular weight is 285 g/mol. The van der Waals surface area contributed by atoms with Crippen LogP contribution < -0.4 is 11.1 Å². The van der Waals surface area contributed by atoms with Crippen molar-refractivity contribution in [2.24, 2.45) is 5.73 Å². The largest absolute Gasteiger partial charge is 0.449 e. The molecule has 0 spiro atoms. The van der Waals surface area contributed by atoms with Crippen molar-refractivity contribution < 1.29 is 9.53 Å². The van der Waals surface area contributed by atoms with Gasteiger partial charge in [-0.1, -0.05) is 12.1 Å². The van der Waals surface area contributed by atoms with Gasteiger partial charge in [0.1, 0.15) is 0 Å². The number of nitrogens with two attached hydrogens (primary N) is 1. The predicted octanol–water partition coefficient (Wildman–Crippen LogP) is 2.72. The van der Waals surface area contributed by atoms with Gasteiger partial charge in [0.15, 0.2) is 0 Å². The minimum Gasteiger partial charge on any atom is -0.449 e. The Morgan fingerprint density at radius 1 is 1.19 bits per heavy atom. The summed E-state index contributed by atoms with van der Waals surface area (Å²) >= 11 is 0. The zero-order valence-corrected chi connectivity index (χ0v) is 11.8. The molecule has 0 saturated carbocycles. The third-order valence-electron chi connectivity index (χ3n) is 3.00. The van der Waals surface area contributed by atoms with Gasteiger partial charge < -0.3 is 10.5 Å². The molecule has 1 aromatic heterocycles. The van der Waals surface area contributed by atoms with E-state index in [0.29, 0.717) is 18.8 Å². The van der Waals surface area contributed by atoms with Gasteiger partial charge >= 0.3 is 6.09 Å². The summed E-state index contributed by atoms with van der Waals surface area (Å²) in [5, 5.41) is 2.69. The Balaban J connectivity index is 1.70. The number of hydrogen-bond donors (Lipinski definition) is 2. The number of nitrogens with zero attached hydrogens (tertiary/aromatic N) is 1. The number of aryl methyl sites for hydroxylation is 1. The van der Waals surface area contributed by atoms with E-state index in [1.807, 2.05) is 30.3 Å². The van der Waals surface area contributed by atoms with Gasteiger partial charge in [-0.2, -0.15) is 0 Å². The van der Waals surface area contributed by atoms with Crippen molar-refractivity contribution in [1.82, 2.24) is 4.98 Å². The SMILES string of the molecule is NCc1cccc(NC(=O)OCCCc2ccncc2)c1. The molecular formula is C16H19N3O2. The molecule has 1 heterocycles. The lowest BCUT2D eigenvalue weighted by Gasteiger charge is -2.08. The minimum absolute atomic E-state index is 0.380. The molecule has 0 saturated heterocycles. The molecule has 0 aliphatic heterocycles. The van der Waals surface area contributed by atoms with Crippen LogP contribution in [0.25, 0.3) is 0 Å². The van der Waals surface area contributed by atoms with Crippen LogP contribution in [0.3, 0.4) is 0 Å². The lowest BCUT2D eigenvalue weighted by molar-refractivity contribution is 0.160. The Kier molecular flexibility index (Phi) is 5.72. The summed E-state index contributed by atoms with van der Waals surface area (Å²) in [7, 11) is 0. The van der Waals surface area contributed by atoms with Gasteiger partial charge in [0.05, 0.1) is 6.61 Å². The number of benzene rings is 1. The summed E-state index contributed by atoms with van der Waals surface area (Å²) in [5.74, 6) is 0. The highest BCUT2D eigenvalue weighted by molar-refractivity contribution is 5.84. The molecule has 110 valence electrons. The van der Waals surface area contributed by atoms with Gasteiger partial charge in [0.2, 0.25) is 0 Å². The number of aromatic nitrogens is 1. The molecule has 5 nitrogen and oxygen atoms in total. The maximum absolute atomic E-state index is 11.6. The van der Waals surface area contributed by atoms with Crippen molar-refractivity contribution in [3.63, 3.8) is 0 Å². The van der Waals surface area contributed by atoms with E-state index >= 15 is 0 Å². The Morgan fingerprint density at radius 2 is 2.00 bits per heavy atom. The third kappa shape index (κ3) is 5.24. The van der Waals surface area contributed by atoms with E-state index in [0.717, 1.165) is 18.4 Å². The maximum atomic E-state index is 11.6. The van der Waals surface area contributed by atoms with E-state index in [4.69, 9.17) is 10.5 Å². The smallest absolute Gasteiger partial charge is 0.411 e. The number of nitrogens with one attached hydrogen (secondary N) is 1. The number of carbonyl (C=O) groups excluding carboxylic acids is 1. The standard InChI is InChI=1S/C16H19N3O2/c17-12-14-3-1-5-15(11-14)19-16(20)21-10-2-4-13-6-8-18-9-7-13/h1,3,5-9,11H,2,4,10,12,17H2,(H,19,20).